The number of hydrogen-bond donors (Lipinski definition) is 1. The maximum absolute atomic E-state index is 12.9. The van der Waals surface area contributed by atoms with E-state index in [1.165, 1.54) is 12.1 Å². The summed E-state index contributed by atoms with van der Waals surface area (Å²) < 4.78 is 27.4. The molecule has 3 nitrogen and oxygen atoms in total. The number of rotatable bonds is 3. The number of benzene rings is 1. The van der Waals surface area contributed by atoms with Crippen LogP contribution in [-0.2, 0) is 13.6 Å². The first-order chi connectivity index (χ1) is 7.65. The van der Waals surface area contributed by atoms with Crippen molar-refractivity contribution in [3.8, 4) is 0 Å². The summed E-state index contributed by atoms with van der Waals surface area (Å²) in [5.74, 6) is -0.340. The zero-order chi connectivity index (χ0) is 11.5. The Labute approximate surface area is 91.7 Å². The molecule has 0 atom stereocenters. The Morgan fingerprint density at radius 2 is 1.94 bits per heavy atom. The van der Waals surface area contributed by atoms with Crippen molar-refractivity contribution in [1.82, 2.24) is 9.78 Å². The molecule has 2 aromatic rings. The Balaban J connectivity index is 2.07. The van der Waals surface area contributed by atoms with Crippen molar-refractivity contribution >= 4 is 5.82 Å². The second-order valence-electron chi connectivity index (χ2n) is 3.47. The summed E-state index contributed by atoms with van der Waals surface area (Å²) in [6, 6.07) is 5.24. The highest BCUT2D eigenvalue weighted by Crippen LogP contribution is 2.10. The molecular weight excluding hydrogens is 212 g/mol. The second kappa shape index (κ2) is 4.30. The van der Waals surface area contributed by atoms with E-state index in [0.29, 0.717) is 12.1 Å². The maximum Gasteiger partial charge on any atom is 0.126 e. The molecule has 1 aromatic heterocycles. The van der Waals surface area contributed by atoms with Crippen molar-refractivity contribution < 1.29 is 8.78 Å². The number of hydrogen-bond acceptors (Lipinski definition) is 2. The number of nitrogens with one attached hydrogen (secondary N) is 1. The number of aromatic nitrogens is 2. The van der Waals surface area contributed by atoms with Gasteiger partial charge in [-0.25, -0.2) is 8.78 Å². The summed E-state index contributed by atoms with van der Waals surface area (Å²) in [5, 5.41) is 7.00. The van der Waals surface area contributed by atoms with Crippen LogP contribution in [-0.4, -0.2) is 9.78 Å². The first-order valence-electron chi connectivity index (χ1n) is 4.82. The zero-order valence-corrected chi connectivity index (χ0v) is 8.74. The van der Waals surface area contributed by atoms with Crippen molar-refractivity contribution in [1.29, 1.82) is 0 Å². The molecule has 0 saturated carbocycles. The lowest BCUT2D eigenvalue weighted by Gasteiger charge is -2.06. The van der Waals surface area contributed by atoms with Gasteiger partial charge in [-0.15, -0.1) is 0 Å². The Morgan fingerprint density at radius 1 is 1.25 bits per heavy atom. The van der Waals surface area contributed by atoms with Gasteiger partial charge in [-0.05, 0) is 17.7 Å². The van der Waals surface area contributed by atoms with Crippen LogP contribution in [0.4, 0.5) is 14.6 Å². The molecule has 2 rings (SSSR count). The van der Waals surface area contributed by atoms with Gasteiger partial charge in [-0.1, -0.05) is 0 Å². The third-order valence-corrected chi connectivity index (χ3v) is 2.22. The SMILES string of the molecule is Cn1nccc1NCc1cc(F)cc(F)c1. The highest BCUT2D eigenvalue weighted by atomic mass is 19.1. The molecule has 1 N–H and O–H groups in total. The molecule has 0 spiro atoms. The van der Waals surface area contributed by atoms with Crippen LogP contribution < -0.4 is 5.32 Å². The summed E-state index contributed by atoms with van der Waals surface area (Å²) in [7, 11) is 1.79. The Morgan fingerprint density at radius 3 is 2.50 bits per heavy atom. The topological polar surface area (TPSA) is 29.9 Å². The number of halogens is 2. The average molecular weight is 223 g/mol. The average Bonchev–Trinajstić information content (AvgIpc) is 2.59. The van der Waals surface area contributed by atoms with Gasteiger partial charge in [0.15, 0.2) is 0 Å². The monoisotopic (exact) mass is 223 g/mol. The van der Waals surface area contributed by atoms with Crippen LogP contribution in [0.1, 0.15) is 5.56 Å². The van der Waals surface area contributed by atoms with Gasteiger partial charge in [0.2, 0.25) is 0 Å². The van der Waals surface area contributed by atoms with Crippen LogP contribution >= 0.6 is 0 Å². The van der Waals surface area contributed by atoms with Crippen molar-refractivity contribution in [2.45, 2.75) is 6.54 Å². The lowest BCUT2D eigenvalue weighted by Crippen LogP contribution is -2.05. The van der Waals surface area contributed by atoms with Gasteiger partial charge >= 0.3 is 0 Å². The molecular formula is C11H11F2N3. The maximum atomic E-state index is 12.9. The van der Waals surface area contributed by atoms with E-state index in [1.54, 1.807) is 24.0 Å². The van der Waals surface area contributed by atoms with Crippen LogP contribution in [0.2, 0.25) is 0 Å². The molecule has 1 heterocycles. The van der Waals surface area contributed by atoms with Gasteiger partial charge in [0.1, 0.15) is 17.5 Å². The quantitative estimate of drug-likeness (QED) is 0.865. The van der Waals surface area contributed by atoms with Gasteiger partial charge in [-0.2, -0.15) is 5.10 Å². The zero-order valence-electron chi connectivity index (χ0n) is 8.74. The third kappa shape index (κ3) is 2.36. The summed E-state index contributed by atoms with van der Waals surface area (Å²) in [6.07, 6.45) is 1.65. The molecule has 16 heavy (non-hydrogen) atoms. The van der Waals surface area contributed by atoms with Gasteiger partial charge in [0.05, 0.1) is 6.20 Å². The fourth-order valence-electron chi connectivity index (χ4n) is 1.45. The van der Waals surface area contributed by atoms with Crippen LogP contribution in [0, 0.1) is 11.6 Å². The normalized spacial score (nSPS) is 10.4. The van der Waals surface area contributed by atoms with Crippen LogP contribution in [0.3, 0.4) is 0 Å². The Bertz CT molecular complexity index is 473. The van der Waals surface area contributed by atoms with E-state index >= 15 is 0 Å². The molecule has 1 aromatic carbocycles. The first-order valence-corrected chi connectivity index (χ1v) is 4.82. The predicted octanol–water partition coefficient (Wildman–Crippen LogP) is 2.31. The van der Waals surface area contributed by atoms with Crippen molar-refractivity contribution in [2.75, 3.05) is 5.32 Å². The molecule has 0 amide bonds. The van der Waals surface area contributed by atoms with E-state index in [1.807, 2.05) is 0 Å². The molecule has 0 aliphatic heterocycles. The van der Waals surface area contributed by atoms with E-state index in [9.17, 15) is 8.78 Å². The van der Waals surface area contributed by atoms with Gasteiger partial charge in [-0.3, -0.25) is 4.68 Å². The summed E-state index contributed by atoms with van der Waals surface area (Å²) in [5.41, 5.74) is 0.554. The van der Waals surface area contributed by atoms with E-state index in [-0.39, 0.29) is 0 Å². The summed E-state index contributed by atoms with van der Waals surface area (Å²) >= 11 is 0. The molecule has 0 bridgehead atoms. The van der Waals surface area contributed by atoms with E-state index in [0.717, 1.165) is 11.9 Å². The van der Waals surface area contributed by atoms with Crippen LogP contribution in [0.25, 0.3) is 0 Å². The fraction of sp³-hybridized carbons (Fsp3) is 0.182. The molecule has 0 unspecified atom stereocenters. The van der Waals surface area contributed by atoms with Gasteiger partial charge in [0.25, 0.3) is 0 Å². The third-order valence-electron chi connectivity index (χ3n) is 2.22. The first kappa shape index (κ1) is 10.6. The van der Waals surface area contributed by atoms with Crippen molar-refractivity contribution in [2.24, 2.45) is 7.05 Å². The number of aryl methyl sites for hydroxylation is 1. The standard InChI is InChI=1S/C11H11F2N3/c1-16-11(2-3-15-16)14-7-8-4-9(12)6-10(13)5-8/h2-6,14H,7H2,1H3. The Hall–Kier alpha value is -1.91. The molecule has 0 radical (unpaired) electrons. The van der Waals surface area contributed by atoms with Gasteiger partial charge < -0.3 is 5.32 Å². The molecule has 0 saturated heterocycles. The highest BCUT2D eigenvalue weighted by Gasteiger charge is 2.02. The largest absolute Gasteiger partial charge is 0.366 e. The van der Waals surface area contributed by atoms with E-state index in [2.05, 4.69) is 10.4 Å². The minimum absolute atomic E-state index is 0.355. The van der Waals surface area contributed by atoms with Crippen molar-refractivity contribution in [3.63, 3.8) is 0 Å². The summed E-state index contributed by atoms with van der Waals surface area (Å²) in [4.78, 5) is 0. The summed E-state index contributed by atoms with van der Waals surface area (Å²) in [6.45, 7) is 0.355. The predicted molar refractivity (Wildman–Crippen MR) is 56.9 cm³/mol. The van der Waals surface area contributed by atoms with E-state index < -0.39 is 11.6 Å². The highest BCUT2D eigenvalue weighted by molar-refractivity contribution is 5.35. The molecule has 5 heteroatoms. The van der Waals surface area contributed by atoms with E-state index in [4.69, 9.17) is 0 Å². The lowest BCUT2D eigenvalue weighted by molar-refractivity contribution is 0.580. The second-order valence-corrected chi connectivity index (χ2v) is 3.47. The molecule has 0 aliphatic carbocycles. The van der Waals surface area contributed by atoms with Gasteiger partial charge in [0, 0.05) is 25.7 Å². The smallest absolute Gasteiger partial charge is 0.126 e. The van der Waals surface area contributed by atoms with Crippen LogP contribution in [0.15, 0.2) is 30.5 Å². The minimum Gasteiger partial charge on any atom is -0.366 e. The minimum atomic E-state index is -0.568. The lowest BCUT2D eigenvalue weighted by atomic mass is 10.2. The number of nitrogens with zero attached hydrogens (tertiary/aromatic N) is 2. The number of anilines is 1. The Kier molecular flexibility index (Phi) is 2.85. The fourth-order valence-corrected chi connectivity index (χ4v) is 1.45. The van der Waals surface area contributed by atoms with Crippen LogP contribution in [0.5, 0.6) is 0 Å². The van der Waals surface area contributed by atoms with Crippen molar-refractivity contribution in [3.05, 3.63) is 47.7 Å². The molecule has 84 valence electrons. The molecule has 0 fully saturated rings. The molecule has 0 aliphatic rings.